The Hall–Kier alpha value is -5.61. The molecule has 2 aliphatic rings. The highest BCUT2D eigenvalue weighted by atomic mass is 16.7. The molecule has 1 unspecified atom stereocenters. The number of aliphatic hydroxyl groups is 1. The summed E-state index contributed by atoms with van der Waals surface area (Å²) in [6.45, 7) is -0.0298. The van der Waals surface area contributed by atoms with Gasteiger partial charge in [0.05, 0.1) is 40.9 Å². The number of hydrogen-bond donors (Lipinski definition) is 1. The minimum atomic E-state index is -1.58. The number of hydrogen-bond acceptors (Lipinski definition) is 10. The summed E-state index contributed by atoms with van der Waals surface area (Å²) in [7, 11) is 7.72. The third-order valence-corrected chi connectivity index (χ3v) is 7.72. The number of ether oxygens (including phenoxy) is 7. The van der Waals surface area contributed by atoms with Gasteiger partial charge in [-0.25, -0.2) is 0 Å². The van der Waals surface area contributed by atoms with Crippen molar-refractivity contribution >= 4 is 22.6 Å². The molecule has 46 heavy (non-hydrogen) atoms. The van der Waals surface area contributed by atoms with E-state index in [2.05, 4.69) is 0 Å². The lowest BCUT2D eigenvalue weighted by molar-refractivity contribution is -0.116. The molecule has 5 aromatic rings. The summed E-state index contributed by atoms with van der Waals surface area (Å²) in [4.78, 5) is 12.6. The largest absolute Gasteiger partial charge is 0.497 e. The molecular formula is C36H32O10. The fourth-order valence-corrected chi connectivity index (χ4v) is 5.42. The highest BCUT2D eigenvalue weighted by molar-refractivity contribution is 5.92. The molecule has 0 fully saturated rings. The van der Waals surface area contributed by atoms with E-state index in [1.54, 1.807) is 64.8 Å². The van der Waals surface area contributed by atoms with Gasteiger partial charge in [0, 0.05) is 34.4 Å². The monoisotopic (exact) mass is 624 g/mol. The van der Waals surface area contributed by atoms with E-state index in [1.807, 2.05) is 48.5 Å². The molecule has 0 amide bonds. The quantitative estimate of drug-likeness (QED) is 0.234. The standard InChI is InChI=1S/C19H18O6.C17H14O4/c1-21-12-5-4-11-6-14-13-8-17(22-2)18(23-3)9-16(13)24-10-19(14,20)25-15(11)7-12;1-19-13-10-6-9-12-14(18)17(20-2)15(21-16(12)13)11-7-4-3-5-8-11/h4-9,20H,10H2,1-3H3;3-10H,1-2H3. The number of methoxy groups -OCH3 is 5. The molecule has 236 valence electrons. The van der Waals surface area contributed by atoms with Crippen molar-refractivity contribution in [1.29, 1.82) is 0 Å². The van der Waals surface area contributed by atoms with E-state index in [9.17, 15) is 9.90 Å². The Morgan fingerprint density at radius 2 is 1.48 bits per heavy atom. The van der Waals surface area contributed by atoms with Gasteiger partial charge in [-0.1, -0.05) is 36.4 Å². The van der Waals surface area contributed by atoms with Crippen LogP contribution in [0.4, 0.5) is 0 Å². The van der Waals surface area contributed by atoms with Crippen LogP contribution in [0.15, 0.2) is 88.1 Å². The molecule has 0 radical (unpaired) electrons. The van der Waals surface area contributed by atoms with E-state index in [0.717, 1.165) is 11.1 Å². The smallest absolute Gasteiger partial charge is 0.270 e. The van der Waals surface area contributed by atoms with Gasteiger partial charge in [-0.15, -0.1) is 0 Å². The van der Waals surface area contributed by atoms with Gasteiger partial charge in [0.25, 0.3) is 5.79 Å². The molecule has 1 N–H and O–H groups in total. The molecular weight excluding hydrogens is 592 g/mol. The molecule has 0 bridgehead atoms. The summed E-state index contributed by atoms with van der Waals surface area (Å²) in [6.07, 6.45) is 1.89. The van der Waals surface area contributed by atoms with Gasteiger partial charge in [0.1, 0.15) is 17.2 Å². The second kappa shape index (κ2) is 12.4. The molecule has 0 saturated heterocycles. The summed E-state index contributed by atoms with van der Waals surface area (Å²) < 4.78 is 43.9. The minimum Gasteiger partial charge on any atom is -0.497 e. The number of para-hydroxylation sites is 1. The van der Waals surface area contributed by atoms with Crippen LogP contribution in [0.25, 0.3) is 33.9 Å². The molecule has 2 aliphatic heterocycles. The van der Waals surface area contributed by atoms with Crippen LogP contribution in [0.2, 0.25) is 0 Å². The zero-order valence-corrected chi connectivity index (χ0v) is 25.9. The Labute approximate surface area is 264 Å². The van der Waals surface area contributed by atoms with Crippen molar-refractivity contribution in [3.8, 4) is 51.6 Å². The normalized spacial score (nSPS) is 15.7. The van der Waals surface area contributed by atoms with Gasteiger partial charge in [-0.3, -0.25) is 4.79 Å². The van der Waals surface area contributed by atoms with Crippen LogP contribution in [0.1, 0.15) is 11.1 Å². The maximum absolute atomic E-state index is 12.6. The van der Waals surface area contributed by atoms with Crippen LogP contribution in [0.3, 0.4) is 0 Å². The lowest BCUT2D eigenvalue weighted by atomic mass is 9.90. The second-order valence-electron chi connectivity index (χ2n) is 10.3. The zero-order valence-electron chi connectivity index (χ0n) is 25.9. The minimum absolute atomic E-state index is 0.0298. The first-order valence-corrected chi connectivity index (χ1v) is 14.3. The summed E-state index contributed by atoms with van der Waals surface area (Å²) in [6, 6.07) is 23.6. The molecule has 10 heteroatoms. The van der Waals surface area contributed by atoms with Crippen LogP contribution >= 0.6 is 0 Å². The van der Waals surface area contributed by atoms with Crippen molar-refractivity contribution in [1.82, 2.24) is 0 Å². The molecule has 7 rings (SSSR count). The molecule has 1 atom stereocenters. The van der Waals surface area contributed by atoms with Crippen LogP contribution in [-0.2, 0) is 0 Å². The highest BCUT2D eigenvalue weighted by Crippen LogP contribution is 2.49. The highest BCUT2D eigenvalue weighted by Gasteiger charge is 2.44. The van der Waals surface area contributed by atoms with Crippen molar-refractivity contribution in [2.24, 2.45) is 0 Å². The van der Waals surface area contributed by atoms with Gasteiger partial charge >= 0.3 is 0 Å². The molecule has 0 saturated carbocycles. The fourth-order valence-electron chi connectivity index (χ4n) is 5.42. The molecule has 3 heterocycles. The van der Waals surface area contributed by atoms with E-state index in [4.69, 9.17) is 37.6 Å². The molecule has 4 aromatic carbocycles. The van der Waals surface area contributed by atoms with E-state index in [0.29, 0.717) is 62.4 Å². The zero-order chi connectivity index (χ0) is 32.4. The number of rotatable bonds is 6. The Kier molecular flexibility index (Phi) is 8.21. The summed E-state index contributed by atoms with van der Waals surface area (Å²) in [5.41, 5.74) is 3.16. The van der Waals surface area contributed by atoms with E-state index in [-0.39, 0.29) is 17.8 Å². The first kappa shape index (κ1) is 30.4. The van der Waals surface area contributed by atoms with Crippen molar-refractivity contribution in [3.05, 3.63) is 100 Å². The van der Waals surface area contributed by atoms with Crippen LogP contribution in [-0.4, -0.2) is 53.0 Å². The summed E-state index contributed by atoms with van der Waals surface area (Å²) in [5, 5.41) is 11.4. The lowest BCUT2D eigenvalue weighted by Crippen LogP contribution is -2.47. The van der Waals surface area contributed by atoms with Gasteiger partial charge in [0.2, 0.25) is 11.2 Å². The fraction of sp³-hybridized carbons (Fsp3) is 0.194. The molecule has 1 aromatic heterocycles. The van der Waals surface area contributed by atoms with Gasteiger partial charge < -0.3 is 42.7 Å². The number of benzene rings is 4. The number of fused-ring (bicyclic) bond motifs is 5. The van der Waals surface area contributed by atoms with E-state index in [1.165, 1.54) is 7.11 Å². The van der Waals surface area contributed by atoms with Crippen molar-refractivity contribution < 1.29 is 42.7 Å². The lowest BCUT2D eigenvalue weighted by Gasteiger charge is -2.39. The van der Waals surface area contributed by atoms with Crippen LogP contribution < -0.4 is 38.6 Å². The molecule has 10 nitrogen and oxygen atoms in total. The predicted octanol–water partition coefficient (Wildman–Crippen LogP) is 6.20. The van der Waals surface area contributed by atoms with Gasteiger partial charge in [-0.05, 0) is 36.4 Å². The van der Waals surface area contributed by atoms with Gasteiger partial charge in [0.15, 0.2) is 35.2 Å². The van der Waals surface area contributed by atoms with Crippen molar-refractivity contribution in [2.75, 3.05) is 42.2 Å². The van der Waals surface area contributed by atoms with E-state index < -0.39 is 5.79 Å². The topological polar surface area (TPSA) is 115 Å². The summed E-state index contributed by atoms with van der Waals surface area (Å²) >= 11 is 0. The third-order valence-electron chi connectivity index (χ3n) is 7.72. The van der Waals surface area contributed by atoms with Gasteiger partial charge in [-0.2, -0.15) is 0 Å². The Morgan fingerprint density at radius 1 is 0.739 bits per heavy atom. The van der Waals surface area contributed by atoms with E-state index >= 15 is 0 Å². The molecule has 0 aliphatic carbocycles. The average molecular weight is 625 g/mol. The molecule has 0 spiro atoms. The Balaban J connectivity index is 0.000000164. The Bertz CT molecular complexity index is 2000. The maximum Gasteiger partial charge on any atom is 0.270 e. The SMILES string of the molecule is COc1c(-c2ccccc2)oc2c(OC)cccc2c1=O.COc1ccc2c(c1)OC1(O)COc3cc(OC)c(OC)cc3C1=C2. The third kappa shape index (κ3) is 5.33. The van der Waals surface area contributed by atoms with Crippen molar-refractivity contribution in [3.63, 3.8) is 0 Å². The first-order valence-electron chi connectivity index (χ1n) is 14.3. The average Bonchev–Trinajstić information content (AvgIpc) is 3.10. The Morgan fingerprint density at radius 3 is 2.17 bits per heavy atom. The first-order chi connectivity index (χ1) is 22.3. The predicted molar refractivity (Wildman–Crippen MR) is 173 cm³/mol. The van der Waals surface area contributed by atoms with Crippen molar-refractivity contribution in [2.45, 2.75) is 5.79 Å². The van der Waals surface area contributed by atoms with Crippen LogP contribution in [0.5, 0.6) is 40.2 Å². The summed E-state index contributed by atoms with van der Waals surface area (Å²) in [5.74, 6) is 2.46. The maximum atomic E-state index is 12.6. The van der Waals surface area contributed by atoms with Crippen LogP contribution in [0, 0.1) is 0 Å². The second-order valence-corrected chi connectivity index (χ2v) is 10.3.